The van der Waals surface area contributed by atoms with Crippen molar-refractivity contribution in [1.29, 1.82) is 0 Å². The monoisotopic (exact) mass is 592 g/mol. The molecule has 0 saturated heterocycles. The van der Waals surface area contributed by atoms with E-state index in [4.69, 9.17) is 0 Å². The third-order valence-electron chi connectivity index (χ3n) is 11.1. The second-order valence-corrected chi connectivity index (χ2v) is 20.0. The lowest BCUT2D eigenvalue weighted by molar-refractivity contribution is 0.452. The molecule has 0 N–H and O–H groups in total. The van der Waals surface area contributed by atoms with E-state index in [0.29, 0.717) is 11.3 Å². The van der Waals surface area contributed by atoms with Gasteiger partial charge in [-0.3, -0.25) is 0 Å². The molecule has 0 spiro atoms. The standard InChI is InChI=1S/C19H29OP.C19H29P/c1-16-10-8-9-15-19(16)21(20,17-11-4-2-5-12-17)18-13-6-3-7-14-18;1-16-10-8-9-15-19(16)20(17-11-4-2-5-12-17)18-13-6-3-7-14-18/h8-10,15,17-18H,2-7,11-14H2,1H3;8-10,15,17-18H,2-7,11-14H2,1H3. The van der Waals surface area contributed by atoms with Gasteiger partial charge in [-0.25, -0.2) is 0 Å². The zero-order valence-corrected chi connectivity index (χ0v) is 28.2. The van der Waals surface area contributed by atoms with E-state index in [1.807, 2.05) is 0 Å². The molecule has 41 heavy (non-hydrogen) atoms. The molecule has 0 aliphatic heterocycles. The normalized spacial score (nSPS) is 22.3. The Hall–Kier alpha value is -0.900. The van der Waals surface area contributed by atoms with Crippen molar-refractivity contribution >= 4 is 25.7 Å². The van der Waals surface area contributed by atoms with Crippen molar-refractivity contribution in [1.82, 2.24) is 0 Å². The van der Waals surface area contributed by atoms with Crippen LogP contribution in [0.4, 0.5) is 0 Å². The third kappa shape index (κ3) is 7.79. The molecule has 1 nitrogen and oxygen atoms in total. The van der Waals surface area contributed by atoms with E-state index in [0.717, 1.165) is 11.3 Å². The van der Waals surface area contributed by atoms with Gasteiger partial charge in [0.05, 0.1) is 0 Å². The van der Waals surface area contributed by atoms with Gasteiger partial charge < -0.3 is 4.57 Å². The van der Waals surface area contributed by atoms with Gasteiger partial charge in [0.15, 0.2) is 0 Å². The average Bonchev–Trinajstić information content (AvgIpc) is 3.04. The topological polar surface area (TPSA) is 17.1 Å². The summed E-state index contributed by atoms with van der Waals surface area (Å²) in [6, 6.07) is 17.8. The molecule has 6 rings (SSSR count). The number of aryl methyl sites for hydroxylation is 2. The molecule has 226 valence electrons. The highest BCUT2D eigenvalue weighted by atomic mass is 31.2. The van der Waals surface area contributed by atoms with Crippen LogP contribution in [0, 0.1) is 13.8 Å². The highest BCUT2D eigenvalue weighted by molar-refractivity contribution is 7.73. The van der Waals surface area contributed by atoms with E-state index in [1.54, 1.807) is 10.9 Å². The summed E-state index contributed by atoms with van der Waals surface area (Å²) in [7, 11) is -2.17. The largest absolute Gasteiger partial charge is 0.318 e. The van der Waals surface area contributed by atoms with Gasteiger partial charge in [0, 0.05) is 16.6 Å². The van der Waals surface area contributed by atoms with Crippen molar-refractivity contribution in [2.75, 3.05) is 0 Å². The molecule has 0 radical (unpaired) electrons. The highest BCUT2D eigenvalue weighted by Crippen LogP contribution is 2.62. The maximum atomic E-state index is 14.3. The molecule has 4 fully saturated rings. The van der Waals surface area contributed by atoms with Crippen LogP contribution in [-0.4, -0.2) is 22.6 Å². The van der Waals surface area contributed by atoms with Gasteiger partial charge in [-0.2, -0.15) is 0 Å². The summed E-state index contributed by atoms with van der Waals surface area (Å²) in [5, 5.41) is 2.98. The Morgan fingerprint density at radius 1 is 0.512 bits per heavy atom. The molecule has 0 amide bonds. The van der Waals surface area contributed by atoms with Crippen molar-refractivity contribution in [2.45, 2.75) is 165 Å². The van der Waals surface area contributed by atoms with Crippen molar-refractivity contribution in [3.8, 4) is 0 Å². The Balaban J connectivity index is 0.000000165. The lowest BCUT2D eigenvalue weighted by Gasteiger charge is -2.39. The van der Waals surface area contributed by atoms with Gasteiger partial charge in [0.25, 0.3) is 0 Å². The zero-order valence-electron chi connectivity index (χ0n) is 26.4. The van der Waals surface area contributed by atoms with Gasteiger partial charge in [-0.15, -0.1) is 0 Å². The van der Waals surface area contributed by atoms with Crippen LogP contribution >= 0.6 is 15.1 Å². The second kappa shape index (κ2) is 15.7. The number of rotatable bonds is 6. The predicted molar refractivity (Wildman–Crippen MR) is 184 cm³/mol. The van der Waals surface area contributed by atoms with Gasteiger partial charge in [0.1, 0.15) is 7.14 Å². The molecule has 3 heteroatoms. The van der Waals surface area contributed by atoms with E-state index in [1.165, 1.54) is 139 Å². The molecule has 2 aromatic rings. The number of benzene rings is 2. The number of hydrogen-bond donors (Lipinski definition) is 0. The summed E-state index contributed by atoms with van der Waals surface area (Å²) >= 11 is 0. The van der Waals surface area contributed by atoms with E-state index in [2.05, 4.69) is 62.4 Å². The SMILES string of the molecule is Cc1ccccc1P(=O)(C1CCCCC1)C1CCCCC1.Cc1ccccc1P(C1CCCCC1)C1CCCCC1. The molecule has 0 aromatic heterocycles. The molecule has 4 aliphatic carbocycles. The molecular weight excluding hydrogens is 534 g/mol. The van der Waals surface area contributed by atoms with E-state index < -0.39 is 7.14 Å². The van der Waals surface area contributed by atoms with Crippen molar-refractivity contribution in [3.63, 3.8) is 0 Å². The lowest BCUT2D eigenvalue weighted by Crippen LogP contribution is -2.30. The molecule has 0 atom stereocenters. The Labute approximate surface area is 254 Å². The minimum atomic E-state index is -2.26. The first kappa shape index (κ1) is 31.5. The summed E-state index contributed by atoms with van der Waals surface area (Å²) in [6.07, 6.45) is 27.6. The quantitative estimate of drug-likeness (QED) is 0.305. The van der Waals surface area contributed by atoms with Crippen LogP contribution in [-0.2, 0) is 4.57 Å². The van der Waals surface area contributed by atoms with E-state index in [-0.39, 0.29) is 7.92 Å². The van der Waals surface area contributed by atoms with Gasteiger partial charge in [0.2, 0.25) is 0 Å². The molecular formula is C38H58OP2. The summed E-state index contributed by atoms with van der Waals surface area (Å²) < 4.78 is 14.3. The predicted octanol–water partition coefficient (Wildman–Crippen LogP) is 11.4. The van der Waals surface area contributed by atoms with Gasteiger partial charge in [-0.05, 0) is 93.0 Å². The first-order valence-electron chi connectivity index (χ1n) is 17.6. The first-order valence-corrected chi connectivity index (χ1v) is 20.9. The van der Waals surface area contributed by atoms with Crippen LogP contribution in [0.2, 0.25) is 0 Å². The van der Waals surface area contributed by atoms with Gasteiger partial charge in [-0.1, -0.05) is 134 Å². The highest BCUT2D eigenvalue weighted by Gasteiger charge is 2.43. The van der Waals surface area contributed by atoms with Crippen LogP contribution in [0.25, 0.3) is 0 Å². The minimum Gasteiger partial charge on any atom is -0.318 e. The summed E-state index contributed by atoms with van der Waals surface area (Å²) in [5.74, 6) is 0. The molecule has 4 saturated carbocycles. The Morgan fingerprint density at radius 3 is 1.34 bits per heavy atom. The summed E-state index contributed by atoms with van der Waals surface area (Å²) in [5.41, 5.74) is 5.82. The van der Waals surface area contributed by atoms with Crippen LogP contribution in [0.1, 0.15) is 140 Å². The van der Waals surface area contributed by atoms with E-state index >= 15 is 0 Å². The molecule has 4 aliphatic rings. The Morgan fingerprint density at radius 2 is 0.902 bits per heavy atom. The molecule has 0 unspecified atom stereocenters. The maximum absolute atomic E-state index is 14.3. The Kier molecular flexibility index (Phi) is 12.1. The Bertz CT molecular complexity index is 1060. The van der Waals surface area contributed by atoms with Crippen LogP contribution in [0.5, 0.6) is 0 Å². The summed E-state index contributed by atoms with van der Waals surface area (Å²) in [4.78, 5) is 0. The van der Waals surface area contributed by atoms with Crippen LogP contribution < -0.4 is 10.6 Å². The fourth-order valence-corrected chi connectivity index (χ4v) is 17.4. The lowest BCUT2D eigenvalue weighted by atomic mass is 9.99. The van der Waals surface area contributed by atoms with Gasteiger partial charge >= 0.3 is 0 Å². The van der Waals surface area contributed by atoms with Crippen LogP contribution in [0.15, 0.2) is 48.5 Å². The second-order valence-electron chi connectivity index (χ2n) is 13.9. The zero-order chi connectivity index (χ0) is 28.5. The van der Waals surface area contributed by atoms with Crippen LogP contribution in [0.3, 0.4) is 0 Å². The van der Waals surface area contributed by atoms with Crippen molar-refractivity contribution in [2.24, 2.45) is 0 Å². The maximum Gasteiger partial charge on any atom is 0.121 e. The average molecular weight is 593 g/mol. The third-order valence-corrected chi connectivity index (χ3v) is 19.2. The number of hydrogen-bond acceptors (Lipinski definition) is 1. The summed E-state index contributed by atoms with van der Waals surface area (Å²) in [6.45, 7) is 4.50. The molecule has 2 aromatic carbocycles. The van der Waals surface area contributed by atoms with E-state index in [9.17, 15) is 4.57 Å². The van der Waals surface area contributed by atoms with Crippen molar-refractivity contribution in [3.05, 3.63) is 59.7 Å². The first-order chi connectivity index (χ1) is 20.1. The smallest absolute Gasteiger partial charge is 0.121 e. The minimum absolute atomic E-state index is 0.0871. The molecule has 0 bridgehead atoms. The fourth-order valence-electron chi connectivity index (χ4n) is 8.84. The molecule has 0 heterocycles. The fraction of sp³-hybridized carbons (Fsp3) is 0.684. The van der Waals surface area contributed by atoms with Crippen molar-refractivity contribution < 1.29 is 4.57 Å².